The fourth-order valence-electron chi connectivity index (χ4n) is 2.70. The predicted octanol–water partition coefficient (Wildman–Crippen LogP) is 3.22. The van der Waals surface area contributed by atoms with Gasteiger partial charge in [0.15, 0.2) is 0 Å². The number of anilines is 1. The number of benzene rings is 1. The Kier molecular flexibility index (Phi) is 4.89. The molecule has 24 heavy (non-hydrogen) atoms. The van der Waals surface area contributed by atoms with Gasteiger partial charge in [-0.3, -0.25) is 4.79 Å². The van der Waals surface area contributed by atoms with E-state index in [9.17, 15) is 10.1 Å². The number of nitriles is 1. The van der Waals surface area contributed by atoms with Crippen LogP contribution in [0.5, 0.6) is 0 Å². The average molecular weight is 361 g/mol. The molecule has 1 amide bonds. The van der Waals surface area contributed by atoms with Crippen molar-refractivity contribution in [3.63, 3.8) is 0 Å². The van der Waals surface area contributed by atoms with Gasteiger partial charge in [0.25, 0.3) is 5.91 Å². The molecule has 1 aromatic carbocycles. The van der Waals surface area contributed by atoms with E-state index in [1.165, 1.54) is 0 Å². The van der Waals surface area contributed by atoms with Crippen LogP contribution in [0.1, 0.15) is 15.9 Å². The van der Waals surface area contributed by atoms with Crippen molar-refractivity contribution in [3.8, 4) is 6.07 Å². The molecule has 0 aliphatic carbocycles. The smallest absolute Gasteiger partial charge is 0.255 e. The molecule has 3 rings (SSSR count). The summed E-state index contributed by atoms with van der Waals surface area (Å²) in [5.41, 5.74) is 0.948. The van der Waals surface area contributed by atoms with Gasteiger partial charge in [-0.05, 0) is 24.3 Å². The number of piperazine rings is 1. The van der Waals surface area contributed by atoms with E-state index in [0.29, 0.717) is 48.1 Å². The number of pyridine rings is 1. The lowest BCUT2D eigenvalue weighted by molar-refractivity contribution is 0.0746. The SMILES string of the molecule is N#Cc1cccnc1N1CCN(C(=O)c2cccc(Cl)c2Cl)CC1. The van der Waals surface area contributed by atoms with Gasteiger partial charge in [0.2, 0.25) is 0 Å². The van der Waals surface area contributed by atoms with Crippen molar-refractivity contribution in [2.45, 2.75) is 0 Å². The molecule has 0 radical (unpaired) electrons. The number of carbonyl (C=O) groups is 1. The summed E-state index contributed by atoms with van der Waals surface area (Å²) in [5, 5.41) is 9.84. The molecular formula is C17H14Cl2N4O. The molecule has 1 saturated heterocycles. The molecule has 1 aliphatic rings. The van der Waals surface area contributed by atoms with E-state index in [4.69, 9.17) is 23.2 Å². The Bertz CT molecular complexity index is 810. The van der Waals surface area contributed by atoms with Crippen molar-refractivity contribution in [3.05, 3.63) is 57.7 Å². The van der Waals surface area contributed by atoms with Crippen molar-refractivity contribution < 1.29 is 4.79 Å². The quantitative estimate of drug-likeness (QED) is 0.824. The lowest BCUT2D eigenvalue weighted by Crippen LogP contribution is -2.49. The first-order valence-electron chi connectivity index (χ1n) is 7.45. The Morgan fingerprint density at radius 1 is 1.12 bits per heavy atom. The van der Waals surface area contributed by atoms with E-state index in [-0.39, 0.29) is 10.9 Å². The van der Waals surface area contributed by atoms with E-state index in [0.717, 1.165) is 0 Å². The highest BCUT2D eigenvalue weighted by Crippen LogP contribution is 2.27. The first kappa shape index (κ1) is 16.6. The minimum atomic E-state index is -0.135. The molecule has 1 aliphatic heterocycles. The normalized spacial score (nSPS) is 14.4. The summed E-state index contributed by atoms with van der Waals surface area (Å²) in [5.74, 6) is 0.525. The molecule has 2 heterocycles. The van der Waals surface area contributed by atoms with Gasteiger partial charge in [0.05, 0.1) is 21.2 Å². The molecule has 0 bridgehead atoms. The van der Waals surface area contributed by atoms with Crippen LogP contribution < -0.4 is 4.90 Å². The highest BCUT2D eigenvalue weighted by molar-refractivity contribution is 6.43. The highest BCUT2D eigenvalue weighted by Gasteiger charge is 2.25. The van der Waals surface area contributed by atoms with Gasteiger partial charge in [-0.1, -0.05) is 29.3 Å². The Balaban J connectivity index is 1.72. The number of rotatable bonds is 2. The van der Waals surface area contributed by atoms with E-state index in [2.05, 4.69) is 11.1 Å². The van der Waals surface area contributed by atoms with Crippen LogP contribution in [0.4, 0.5) is 5.82 Å². The van der Waals surface area contributed by atoms with Crippen molar-refractivity contribution in [2.24, 2.45) is 0 Å². The van der Waals surface area contributed by atoms with E-state index < -0.39 is 0 Å². The number of carbonyl (C=O) groups excluding carboxylic acids is 1. The van der Waals surface area contributed by atoms with Crippen LogP contribution in [0.15, 0.2) is 36.5 Å². The van der Waals surface area contributed by atoms with Gasteiger partial charge in [-0.2, -0.15) is 5.26 Å². The number of amides is 1. The van der Waals surface area contributed by atoms with Crippen LogP contribution in [-0.2, 0) is 0 Å². The molecule has 7 heteroatoms. The summed E-state index contributed by atoms with van der Waals surface area (Å²) in [7, 11) is 0. The van der Waals surface area contributed by atoms with Gasteiger partial charge < -0.3 is 9.80 Å². The van der Waals surface area contributed by atoms with Crippen LogP contribution in [0.2, 0.25) is 10.0 Å². The summed E-state index contributed by atoms with van der Waals surface area (Å²) in [6, 6.07) is 10.7. The molecule has 0 unspecified atom stereocenters. The lowest BCUT2D eigenvalue weighted by Gasteiger charge is -2.35. The van der Waals surface area contributed by atoms with Crippen molar-refractivity contribution >= 4 is 34.9 Å². The zero-order chi connectivity index (χ0) is 17.1. The Morgan fingerprint density at radius 3 is 2.58 bits per heavy atom. The Morgan fingerprint density at radius 2 is 1.88 bits per heavy atom. The van der Waals surface area contributed by atoms with Crippen LogP contribution in [0.25, 0.3) is 0 Å². The number of nitrogens with zero attached hydrogens (tertiary/aromatic N) is 4. The third kappa shape index (κ3) is 3.16. The maximum absolute atomic E-state index is 12.6. The summed E-state index contributed by atoms with van der Waals surface area (Å²) in [4.78, 5) is 20.7. The number of hydrogen-bond donors (Lipinski definition) is 0. The summed E-state index contributed by atoms with van der Waals surface area (Å²) < 4.78 is 0. The molecule has 0 spiro atoms. The largest absolute Gasteiger partial charge is 0.352 e. The topological polar surface area (TPSA) is 60.2 Å². The Labute approximate surface area is 150 Å². The molecule has 0 saturated carbocycles. The van der Waals surface area contributed by atoms with Crippen molar-refractivity contribution in [2.75, 3.05) is 31.1 Å². The average Bonchev–Trinajstić information content (AvgIpc) is 2.63. The predicted molar refractivity (Wildman–Crippen MR) is 93.5 cm³/mol. The standard InChI is InChI=1S/C17H14Cl2N4O/c18-14-5-1-4-13(15(14)19)17(24)23-9-7-22(8-10-23)16-12(11-20)3-2-6-21-16/h1-6H,7-10H2. The maximum atomic E-state index is 12.6. The monoisotopic (exact) mass is 360 g/mol. The highest BCUT2D eigenvalue weighted by atomic mass is 35.5. The van der Waals surface area contributed by atoms with Gasteiger partial charge in [0, 0.05) is 32.4 Å². The second-order valence-corrected chi connectivity index (χ2v) is 6.15. The third-order valence-corrected chi connectivity index (χ3v) is 4.77. The number of aromatic nitrogens is 1. The number of halogens is 2. The molecule has 2 aromatic rings. The fourth-order valence-corrected chi connectivity index (χ4v) is 3.08. The van der Waals surface area contributed by atoms with E-state index in [1.54, 1.807) is 41.4 Å². The zero-order valence-corrected chi connectivity index (χ0v) is 14.3. The fraction of sp³-hybridized carbons (Fsp3) is 0.235. The molecular weight excluding hydrogens is 347 g/mol. The first-order valence-corrected chi connectivity index (χ1v) is 8.20. The third-order valence-electron chi connectivity index (χ3n) is 3.96. The molecule has 0 N–H and O–H groups in total. The van der Waals surface area contributed by atoms with Gasteiger partial charge in [-0.25, -0.2) is 4.98 Å². The minimum Gasteiger partial charge on any atom is -0.352 e. The van der Waals surface area contributed by atoms with Crippen LogP contribution >= 0.6 is 23.2 Å². The number of hydrogen-bond acceptors (Lipinski definition) is 4. The molecule has 5 nitrogen and oxygen atoms in total. The second-order valence-electron chi connectivity index (χ2n) is 5.37. The molecule has 122 valence electrons. The minimum absolute atomic E-state index is 0.135. The summed E-state index contributed by atoms with van der Waals surface area (Å²) in [6.45, 7) is 2.28. The summed E-state index contributed by atoms with van der Waals surface area (Å²) >= 11 is 12.1. The van der Waals surface area contributed by atoms with Crippen LogP contribution in [0.3, 0.4) is 0 Å². The Hall–Kier alpha value is -2.29. The maximum Gasteiger partial charge on any atom is 0.255 e. The zero-order valence-electron chi connectivity index (χ0n) is 12.7. The lowest BCUT2D eigenvalue weighted by atomic mass is 10.1. The molecule has 1 aromatic heterocycles. The van der Waals surface area contributed by atoms with Gasteiger partial charge in [-0.15, -0.1) is 0 Å². The second kappa shape index (κ2) is 7.08. The summed E-state index contributed by atoms with van der Waals surface area (Å²) in [6.07, 6.45) is 1.67. The van der Waals surface area contributed by atoms with Crippen LogP contribution in [-0.4, -0.2) is 42.0 Å². The first-order chi connectivity index (χ1) is 11.6. The van der Waals surface area contributed by atoms with Crippen molar-refractivity contribution in [1.29, 1.82) is 5.26 Å². The van der Waals surface area contributed by atoms with Crippen LogP contribution in [0, 0.1) is 11.3 Å². The van der Waals surface area contributed by atoms with E-state index >= 15 is 0 Å². The molecule has 1 fully saturated rings. The molecule has 0 atom stereocenters. The van der Waals surface area contributed by atoms with Gasteiger partial charge >= 0.3 is 0 Å². The van der Waals surface area contributed by atoms with E-state index in [1.807, 2.05) is 4.90 Å². The van der Waals surface area contributed by atoms with Crippen molar-refractivity contribution in [1.82, 2.24) is 9.88 Å². The van der Waals surface area contributed by atoms with Gasteiger partial charge in [0.1, 0.15) is 11.9 Å².